The van der Waals surface area contributed by atoms with Gasteiger partial charge in [-0.1, -0.05) is 43.0 Å². The molecule has 0 saturated carbocycles. The molecule has 160 valence electrons. The maximum atomic E-state index is 12.4. The Morgan fingerprint density at radius 3 is 2.81 bits per heavy atom. The molecule has 4 nitrogen and oxygen atoms in total. The van der Waals surface area contributed by atoms with Gasteiger partial charge in [0.05, 0.1) is 6.61 Å². The zero-order chi connectivity index (χ0) is 22.2. The second-order valence-corrected chi connectivity index (χ2v) is 8.51. The fourth-order valence-corrected chi connectivity index (χ4v) is 4.71. The highest BCUT2D eigenvalue weighted by Crippen LogP contribution is 2.36. The Hall–Kier alpha value is -3.02. The van der Waals surface area contributed by atoms with Gasteiger partial charge < -0.3 is 10.1 Å². The molecule has 5 heteroatoms. The third-order valence-electron chi connectivity index (χ3n) is 4.79. The molecule has 3 aromatic rings. The Morgan fingerprint density at radius 2 is 2.03 bits per heavy atom. The number of nitrogens with zero attached hydrogens (tertiary/aromatic N) is 1. The Labute approximate surface area is 188 Å². The van der Waals surface area contributed by atoms with E-state index in [1.165, 1.54) is 15.0 Å². The molecule has 1 amide bonds. The van der Waals surface area contributed by atoms with Crippen LogP contribution in [0.2, 0.25) is 0 Å². The summed E-state index contributed by atoms with van der Waals surface area (Å²) >= 11 is 1.78. The van der Waals surface area contributed by atoms with Crippen molar-refractivity contribution < 1.29 is 9.53 Å². The summed E-state index contributed by atoms with van der Waals surface area (Å²) in [6.45, 7) is 7.21. The lowest BCUT2D eigenvalue weighted by Gasteiger charge is -2.08. The Morgan fingerprint density at radius 1 is 1.23 bits per heavy atom. The first kappa shape index (κ1) is 22.7. The van der Waals surface area contributed by atoms with Crippen LogP contribution in [0.15, 0.2) is 77.3 Å². The van der Waals surface area contributed by atoms with Gasteiger partial charge in [0.1, 0.15) is 0 Å². The summed E-state index contributed by atoms with van der Waals surface area (Å²) < 4.78 is 6.22. The minimum atomic E-state index is -0.0907. The van der Waals surface area contributed by atoms with Crippen molar-refractivity contribution in [1.82, 2.24) is 5.32 Å². The third kappa shape index (κ3) is 6.00. The molecule has 3 rings (SSSR count). The predicted octanol–water partition coefficient (Wildman–Crippen LogP) is 5.69. The van der Waals surface area contributed by atoms with E-state index in [1.807, 2.05) is 31.3 Å². The molecule has 0 radical (unpaired) electrons. The van der Waals surface area contributed by atoms with Gasteiger partial charge in [-0.15, -0.1) is 11.3 Å². The second kappa shape index (κ2) is 10.8. The minimum absolute atomic E-state index is 0.0907. The van der Waals surface area contributed by atoms with Crippen molar-refractivity contribution in [2.45, 2.75) is 13.3 Å². The molecule has 0 bridgehead atoms. The van der Waals surface area contributed by atoms with E-state index in [0.717, 1.165) is 28.7 Å². The first-order valence-electron chi connectivity index (χ1n) is 10.2. The molecule has 0 unspecified atom stereocenters. The van der Waals surface area contributed by atoms with Crippen LogP contribution in [0.25, 0.3) is 21.2 Å². The number of amides is 1. The summed E-state index contributed by atoms with van der Waals surface area (Å²) in [6, 6.07) is 16.3. The number of methoxy groups -OCH3 is 1. The molecule has 0 aliphatic heterocycles. The fourth-order valence-electron chi connectivity index (χ4n) is 3.47. The number of rotatable bonds is 9. The van der Waals surface area contributed by atoms with Gasteiger partial charge in [0.25, 0.3) is 5.91 Å². The summed E-state index contributed by atoms with van der Waals surface area (Å²) in [7, 11) is 3.39. The van der Waals surface area contributed by atoms with Crippen molar-refractivity contribution in [3.63, 3.8) is 0 Å². The molecule has 0 spiro atoms. The normalized spacial score (nSPS) is 11.9. The molecular formula is C26H28N2O2S. The van der Waals surface area contributed by atoms with E-state index >= 15 is 0 Å². The summed E-state index contributed by atoms with van der Waals surface area (Å²) in [5.41, 5.74) is 4.96. The van der Waals surface area contributed by atoms with Crippen LogP contribution in [0.3, 0.4) is 0 Å². The third-order valence-corrected chi connectivity index (χ3v) is 5.97. The van der Waals surface area contributed by atoms with Crippen molar-refractivity contribution >= 4 is 33.5 Å². The smallest absolute Gasteiger partial charge is 0.251 e. The predicted molar refractivity (Wildman–Crippen MR) is 132 cm³/mol. The molecular weight excluding hydrogens is 404 g/mol. The van der Waals surface area contributed by atoms with Gasteiger partial charge in [-0.25, -0.2) is 0 Å². The average molecular weight is 433 g/mol. The Balaban J connectivity index is 1.87. The van der Waals surface area contributed by atoms with Crippen molar-refractivity contribution in [3.05, 3.63) is 82.8 Å². The lowest BCUT2D eigenvalue weighted by molar-refractivity contribution is 0.0937. The number of nitrogens with one attached hydrogen (secondary N) is 1. The van der Waals surface area contributed by atoms with Crippen molar-refractivity contribution in [2.24, 2.45) is 4.99 Å². The first-order chi connectivity index (χ1) is 15.0. The number of ether oxygens (including phenoxy) is 1. The molecule has 0 aliphatic rings. The van der Waals surface area contributed by atoms with Crippen LogP contribution in [-0.4, -0.2) is 39.4 Å². The number of hydrogen-bond acceptors (Lipinski definition) is 4. The van der Waals surface area contributed by atoms with E-state index in [2.05, 4.69) is 53.3 Å². The monoisotopic (exact) mass is 432 g/mol. The van der Waals surface area contributed by atoms with Gasteiger partial charge in [-0.2, -0.15) is 0 Å². The number of aliphatic imine (C=N–C) groups is 1. The van der Waals surface area contributed by atoms with Gasteiger partial charge in [0.2, 0.25) is 0 Å². The van der Waals surface area contributed by atoms with E-state index in [4.69, 9.17) is 4.74 Å². The molecule has 1 aromatic heterocycles. The van der Waals surface area contributed by atoms with E-state index in [9.17, 15) is 4.79 Å². The highest BCUT2D eigenvalue weighted by Gasteiger charge is 2.11. The molecule has 0 fully saturated rings. The van der Waals surface area contributed by atoms with Crippen LogP contribution in [0.5, 0.6) is 0 Å². The van der Waals surface area contributed by atoms with Crippen molar-refractivity contribution in [2.75, 3.05) is 27.3 Å². The second-order valence-electron chi connectivity index (χ2n) is 7.38. The Bertz CT molecular complexity index is 1140. The average Bonchev–Trinajstić information content (AvgIpc) is 3.16. The Kier molecular flexibility index (Phi) is 7.93. The quantitative estimate of drug-likeness (QED) is 0.268. The van der Waals surface area contributed by atoms with Crippen molar-refractivity contribution in [3.8, 4) is 11.1 Å². The molecule has 0 saturated heterocycles. The van der Waals surface area contributed by atoms with Crippen LogP contribution in [-0.2, 0) is 11.2 Å². The van der Waals surface area contributed by atoms with Crippen LogP contribution >= 0.6 is 11.3 Å². The molecule has 2 aromatic carbocycles. The van der Waals surface area contributed by atoms with Crippen LogP contribution in [0.4, 0.5) is 0 Å². The van der Waals surface area contributed by atoms with Gasteiger partial charge >= 0.3 is 0 Å². The highest BCUT2D eigenvalue weighted by atomic mass is 32.1. The topological polar surface area (TPSA) is 50.7 Å². The lowest BCUT2D eigenvalue weighted by atomic mass is 10.0. The summed E-state index contributed by atoms with van der Waals surface area (Å²) in [5, 5.41) is 4.08. The maximum absolute atomic E-state index is 12.4. The summed E-state index contributed by atoms with van der Waals surface area (Å²) in [5.74, 6) is -0.0907. The van der Waals surface area contributed by atoms with Gasteiger partial charge in [0, 0.05) is 48.5 Å². The van der Waals surface area contributed by atoms with Crippen molar-refractivity contribution in [1.29, 1.82) is 0 Å². The summed E-state index contributed by atoms with van der Waals surface area (Å²) in [6.07, 6.45) is 4.71. The zero-order valence-corrected chi connectivity index (χ0v) is 19.1. The largest absolute Gasteiger partial charge is 0.383 e. The standard InChI is InChI=1S/C26H28N2O2S/c1-18(13-19(2)17-27-3)14-23-16-21-8-6-10-24(25(21)31-23)20-7-5-9-22(15-20)26(29)28-11-12-30-4/h5-10,13,15-17H,1,11-12,14H2,2-4H3,(H,28,29)/b19-13-,27-17?. The number of hydrogen-bond donors (Lipinski definition) is 1. The highest BCUT2D eigenvalue weighted by molar-refractivity contribution is 7.19. The number of carbonyl (C=O) groups is 1. The molecule has 0 atom stereocenters. The molecule has 1 N–H and O–H groups in total. The number of benzene rings is 2. The van der Waals surface area contributed by atoms with Crippen LogP contribution < -0.4 is 5.32 Å². The molecule has 31 heavy (non-hydrogen) atoms. The van der Waals surface area contributed by atoms with E-state index in [1.54, 1.807) is 25.5 Å². The van der Waals surface area contributed by atoms with Gasteiger partial charge in [0.15, 0.2) is 0 Å². The van der Waals surface area contributed by atoms with Crippen LogP contribution in [0, 0.1) is 0 Å². The summed E-state index contributed by atoms with van der Waals surface area (Å²) in [4.78, 5) is 17.7. The SMILES string of the molecule is C=C(/C=C(/C)C=NC)Cc1cc2cccc(-c3cccc(C(=O)NCCOC)c3)c2s1. The van der Waals surface area contributed by atoms with E-state index in [-0.39, 0.29) is 5.91 Å². The van der Waals surface area contributed by atoms with Gasteiger partial charge in [-0.05, 0) is 52.8 Å². The van der Waals surface area contributed by atoms with Gasteiger partial charge in [-0.3, -0.25) is 9.79 Å². The van der Waals surface area contributed by atoms with Crippen LogP contribution in [0.1, 0.15) is 22.2 Å². The fraction of sp³-hybridized carbons (Fsp3) is 0.231. The number of fused-ring (bicyclic) bond motifs is 1. The molecule has 1 heterocycles. The van der Waals surface area contributed by atoms with E-state index in [0.29, 0.717) is 18.7 Å². The number of thiophene rings is 1. The maximum Gasteiger partial charge on any atom is 0.251 e. The number of allylic oxidation sites excluding steroid dienone is 3. The molecule has 0 aliphatic carbocycles. The minimum Gasteiger partial charge on any atom is -0.383 e. The lowest BCUT2D eigenvalue weighted by Crippen LogP contribution is -2.26. The number of carbonyl (C=O) groups excluding carboxylic acids is 1. The zero-order valence-electron chi connectivity index (χ0n) is 18.3. The first-order valence-corrected chi connectivity index (χ1v) is 11.0. The van der Waals surface area contributed by atoms with E-state index < -0.39 is 0 Å².